The van der Waals surface area contributed by atoms with Gasteiger partial charge in [-0.25, -0.2) is 4.98 Å². The second-order valence-corrected chi connectivity index (χ2v) is 5.53. The molecule has 0 unspecified atom stereocenters. The van der Waals surface area contributed by atoms with Crippen LogP contribution in [0, 0.1) is 6.92 Å². The van der Waals surface area contributed by atoms with Crippen LogP contribution in [0.4, 0.5) is 8.78 Å². The molecule has 1 aromatic carbocycles. The molecule has 0 amide bonds. The Labute approximate surface area is 118 Å². The first-order valence-electron chi connectivity index (χ1n) is 5.94. The molecule has 0 N–H and O–H groups in total. The zero-order valence-electron chi connectivity index (χ0n) is 10.9. The number of benzene rings is 1. The number of ether oxygens (including phenoxy) is 1. The van der Waals surface area contributed by atoms with E-state index in [0.29, 0.717) is 5.52 Å². The van der Waals surface area contributed by atoms with E-state index in [9.17, 15) is 8.78 Å². The highest BCUT2D eigenvalue weighted by Gasteiger charge is 2.14. The predicted octanol–water partition coefficient (Wildman–Crippen LogP) is 5.03. The number of hydrogen-bond acceptors (Lipinski definition) is 2. The highest BCUT2D eigenvalue weighted by atomic mass is 79.9. The van der Waals surface area contributed by atoms with E-state index in [1.165, 1.54) is 0 Å². The number of fused-ring (bicyclic) bond motifs is 1. The van der Waals surface area contributed by atoms with Crippen LogP contribution in [0.15, 0.2) is 22.7 Å². The van der Waals surface area contributed by atoms with Gasteiger partial charge in [-0.05, 0) is 52.5 Å². The molecule has 0 aliphatic rings. The Hall–Kier alpha value is -1.23. The molecular formula is C14H14BrF2NO. The molecule has 0 spiro atoms. The number of alkyl halides is 2. The average Bonchev–Trinajstić information content (AvgIpc) is 2.30. The molecule has 102 valence electrons. The van der Waals surface area contributed by atoms with Crippen molar-refractivity contribution in [1.29, 1.82) is 0 Å². The molecule has 1 heterocycles. The average molecular weight is 330 g/mol. The fraction of sp³-hybridized carbons (Fsp3) is 0.357. The summed E-state index contributed by atoms with van der Waals surface area (Å²) in [6, 6.07) is 5.47. The van der Waals surface area contributed by atoms with E-state index < -0.39 is 6.61 Å². The van der Waals surface area contributed by atoms with E-state index in [0.717, 1.165) is 21.1 Å². The lowest BCUT2D eigenvalue weighted by atomic mass is 10.0. The van der Waals surface area contributed by atoms with Crippen LogP contribution >= 0.6 is 15.9 Å². The molecule has 19 heavy (non-hydrogen) atoms. The Morgan fingerprint density at radius 3 is 2.47 bits per heavy atom. The Kier molecular flexibility index (Phi) is 4.04. The first kappa shape index (κ1) is 14.2. The number of aryl methyl sites for hydroxylation is 1. The highest BCUT2D eigenvalue weighted by molar-refractivity contribution is 9.10. The summed E-state index contributed by atoms with van der Waals surface area (Å²) in [5, 5.41) is 0.791. The Bertz CT molecular complexity index is 614. The maximum Gasteiger partial charge on any atom is 0.387 e. The van der Waals surface area contributed by atoms with Gasteiger partial charge in [0.2, 0.25) is 0 Å². The number of nitrogens with zero attached hydrogens (tertiary/aromatic N) is 1. The monoisotopic (exact) mass is 329 g/mol. The minimum atomic E-state index is -2.85. The van der Waals surface area contributed by atoms with Gasteiger partial charge in [0.15, 0.2) is 5.75 Å². The maximum absolute atomic E-state index is 12.5. The van der Waals surface area contributed by atoms with Crippen molar-refractivity contribution >= 4 is 26.8 Å². The Morgan fingerprint density at radius 1 is 1.21 bits per heavy atom. The summed E-state index contributed by atoms with van der Waals surface area (Å²) < 4.78 is 30.5. The fourth-order valence-electron chi connectivity index (χ4n) is 1.86. The summed E-state index contributed by atoms with van der Waals surface area (Å²) in [4.78, 5) is 4.32. The van der Waals surface area contributed by atoms with Gasteiger partial charge in [0, 0.05) is 9.86 Å². The molecule has 0 atom stereocenters. The van der Waals surface area contributed by atoms with E-state index >= 15 is 0 Å². The Morgan fingerprint density at radius 2 is 1.89 bits per heavy atom. The number of halogens is 3. The van der Waals surface area contributed by atoms with Crippen molar-refractivity contribution in [2.45, 2.75) is 33.3 Å². The summed E-state index contributed by atoms with van der Waals surface area (Å²) in [5.74, 6) is 0.358. The number of aromatic nitrogens is 1. The molecule has 2 rings (SSSR count). The van der Waals surface area contributed by atoms with Gasteiger partial charge in [-0.2, -0.15) is 8.78 Å². The standard InChI is InChI=1S/C14H14BrF2NO/c1-7(2)9-4-10-5-11(15)8(3)18-13(10)12(6-9)19-14(16)17/h4-7,14H,1-3H3. The SMILES string of the molecule is Cc1nc2c(OC(F)F)cc(C(C)C)cc2cc1Br. The largest absolute Gasteiger partial charge is 0.432 e. The van der Waals surface area contributed by atoms with Crippen molar-refractivity contribution in [1.82, 2.24) is 4.98 Å². The summed E-state index contributed by atoms with van der Waals surface area (Å²) in [7, 11) is 0. The van der Waals surface area contributed by atoms with E-state index in [1.807, 2.05) is 32.9 Å². The topological polar surface area (TPSA) is 22.1 Å². The van der Waals surface area contributed by atoms with Crippen molar-refractivity contribution in [3.63, 3.8) is 0 Å². The van der Waals surface area contributed by atoms with E-state index in [-0.39, 0.29) is 11.7 Å². The van der Waals surface area contributed by atoms with Crippen LogP contribution in [-0.4, -0.2) is 11.6 Å². The molecule has 0 fully saturated rings. The molecule has 0 radical (unpaired) electrons. The zero-order chi connectivity index (χ0) is 14.2. The van der Waals surface area contributed by atoms with Gasteiger partial charge in [-0.3, -0.25) is 0 Å². The van der Waals surface area contributed by atoms with Crippen LogP contribution in [0.25, 0.3) is 10.9 Å². The second kappa shape index (κ2) is 5.41. The minimum Gasteiger partial charge on any atom is -0.432 e. The summed E-state index contributed by atoms with van der Waals surface area (Å²) in [6.45, 7) is 2.97. The molecule has 0 aliphatic heterocycles. The molecule has 0 saturated carbocycles. The lowest BCUT2D eigenvalue weighted by molar-refractivity contribution is -0.0489. The number of rotatable bonds is 3. The summed E-state index contributed by atoms with van der Waals surface area (Å²) in [6.07, 6.45) is 0. The van der Waals surface area contributed by atoms with Crippen LogP contribution < -0.4 is 4.74 Å². The van der Waals surface area contributed by atoms with E-state index in [1.54, 1.807) is 6.07 Å². The molecule has 2 nitrogen and oxygen atoms in total. The van der Waals surface area contributed by atoms with Crippen LogP contribution in [0.1, 0.15) is 31.0 Å². The van der Waals surface area contributed by atoms with Gasteiger partial charge < -0.3 is 4.74 Å². The molecule has 1 aromatic heterocycles. The van der Waals surface area contributed by atoms with Crippen molar-refractivity contribution in [2.24, 2.45) is 0 Å². The van der Waals surface area contributed by atoms with Crippen molar-refractivity contribution in [2.75, 3.05) is 0 Å². The normalized spacial score (nSPS) is 11.6. The van der Waals surface area contributed by atoms with E-state index in [2.05, 4.69) is 25.7 Å². The molecule has 0 saturated heterocycles. The van der Waals surface area contributed by atoms with Gasteiger partial charge in [0.25, 0.3) is 0 Å². The predicted molar refractivity (Wildman–Crippen MR) is 74.9 cm³/mol. The molecule has 2 aromatic rings. The number of pyridine rings is 1. The third-order valence-electron chi connectivity index (χ3n) is 2.92. The Balaban J connectivity index is 2.70. The van der Waals surface area contributed by atoms with Gasteiger partial charge in [0.05, 0.1) is 5.69 Å². The third-order valence-corrected chi connectivity index (χ3v) is 3.72. The second-order valence-electron chi connectivity index (χ2n) is 4.68. The van der Waals surface area contributed by atoms with Crippen LogP contribution in [0.3, 0.4) is 0 Å². The van der Waals surface area contributed by atoms with Crippen molar-refractivity contribution < 1.29 is 13.5 Å². The lowest BCUT2D eigenvalue weighted by Crippen LogP contribution is -2.04. The number of hydrogen-bond donors (Lipinski definition) is 0. The minimum absolute atomic E-state index is 0.131. The fourth-order valence-corrected chi connectivity index (χ4v) is 2.20. The molecule has 5 heteroatoms. The summed E-state index contributed by atoms with van der Waals surface area (Å²) in [5.41, 5.74) is 2.15. The first-order valence-corrected chi connectivity index (χ1v) is 6.73. The van der Waals surface area contributed by atoms with Crippen LogP contribution in [0.2, 0.25) is 0 Å². The van der Waals surface area contributed by atoms with Crippen molar-refractivity contribution in [3.8, 4) is 5.75 Å². The zero-order valence-corrected chi connectivity index (χ0v) is 12.5. The smallest absolute Gasteiger partial charge is 0.387 e. The maximum atomic E-state index is 12.5. The van der Waals surface area contributed by atoms with Crippen LogP contribution in [0.5, 0.6) is 5.75 Å². The first-order chi connectivity index (χ1) is 8.88. The van der Waals surface area contributed by atoms with Gasteiger partial charge in [-0.15, -0.1) is 0 Å². The summed E-state index contributed by atoms with van der Waals surface area (Å²) >= 11 is 3.40. The van der Waals surface area contributed by atoms with Gasteiger partial charge in [-0.1, -0.05) is 13.8 Å². The van der Waals surface area contributed by atoms with E-state index in [4.69, 9.17) is 0 Å². The molecule has 0 bridgehead atoms. The molecular weight excluding hydrogens is 316 g/mol. The lowest BCUT2D eigenvalue weighted by Gasteiger charge is -2.13. The molecule has 0 aliphatic carbocycles. The quantitative estimate of drug-likeness (QED) is 0.787. The van der Waals surface area contributed by atoms with Gasteiger partial charge >= 0.3 is 6.61 Å². The van der Waals surface area contributed by atoms with Crippen molar-refractivity contribution in [3.05, 3.63) is 33.9 Å². The highest BCUT2D eigenvalue weighted by Crippen LogP contribution is 2.32. The van der Waals surface area contributed by atoms with Crippen LogP contribution in [-0.2, 0) is 0 Å². The third kappa shape index (κ3) is 3.03. The van der Waals surface area contributed by atoms with Gasteiger partial charge in [0.1, 0.15) is 5.52 Å².